The van der Waals surface area contributed by atoms with Gasteiger partial charge >= 0.3 is 0 Å². The van der Waals surface area contributed by atoms with Crippen molar-refractivity contribution in [3.63, 3.8) is 0 Å². The number of hydrogen-bond acceptors (Lipinski definition) is 1. The molecule has 0 amide bonds. The molecule has 0 bridgehead atoms. The topological polar surface area (TPSA) is 20.7 Å². The van der Waals surface area contributed by atoms with Crippen LogP contribution in [0.5, 0.6) is 0 Å². The van der Waals surface area contributed by atoms with E-state index in [-0.39, 0.29) is 5.02 Å². The third-order valence-corrected chi connectivity index (χ3v) is 4.67. The standard InChI is InChI=1S/C14H16ClFN2S/c1-8-2-3-9(4-8)7-18-13-6-11(16)10(15)5-12(13)17-14(18)19/h5-6,8-9H,2-4,7H2,1H3,(H,17,19). The van der Waals surface area contributed by atoms with Gasteiger partial charge in [-0.15, -0.1) is 0 Å². The molecule has 19 heavy (non-hydrogen) atoms. The molecule has 2 nitrogen and oxygen atoms in total. The van der Waals surface area contributed by atoms with Crippen LogP contribution in [-0.4, -0.2) is 9.55 Å². The van der Waals surface area contributed by atoms with Crippen molar-refractivity contribution < 1.29 is 4.39 Å². The number of nitrogens with one attached hydrogen (secondary N) is 1. The molecule has 2 aromatic rings. The van der Waals surface area contributed by atoms with Crippen LogP contribution in [0.15, 0.2) is 12.1 Å². The van der Waals surface area contributed by atoms with Crippen LogP contribution in [0.2, 0.25) is 5.02 Å². The van der Waals surface area contributed by atoms with Gasteiger partial charge in [0.2, 0.25) is 0 Å². The summed E-state index contributed by atoms with van der Waals surface area (Å²) in [7, 11) is 0. The number of halogens is 2. The summed E-state index contributed by atoms with van der Waals surface area (Å²) in [6.45, 7) is 3.15. The van der Waals surface area contributed by atoms with E-state index in [1.165, 1.54) is 25.3 Å². The lowest BCUT2D eigenvalue weighted by molar-refractivity contribution is 0.444. The van der Waals surface area contributed by atoms with E-state index < -0.39 is 5.82 Å². The normalized spacial score (nSPS) is 23.3. The number of imidazole rings is 1. The Bertz CT molecular complexity index is 676. The molecule has 3 rings (SSSR count). The molecule has 1 aliphatic rings. The zero-order valence-electron chi connectivity index (χ0n) is 10.7. The second kappa shape index (κ2) is 4.91. The summed E-state index contributed by atoms with van der Waals surface area (Å²) >= 11 is 11.1. The Balaban J connectivity index is 2.01. The fourth-order valence-electron chi connectivity index (χ4n) is 3.08. The molecule has 0 radical (unpaired) electrons. The molecule has 102 valence electrons. The molecule has 1 fully saturated rings. The van der Waals surface area contributed by atoms with Crippen LogP contribution >= 0.6 is 23.8 Å². The van der Waals surface area contributed by atoms with Gasteiger partial charge in [0.25, 0.3) is 0 Å². The maximum atomic E-state index is 13.6. The van der Waals surface area contributed by atoms with Gasteiger partial charge < -0.3 is 9.55 Å². The molecule has 0 saturated heterocycles. The minimum Gasteiger partial charge on any atom is -0.331 e. The first-order valence-corrected chi connectivity index (χ1v) is 7.41. The SMILES string of the molecule is CC1CCC(Cn2c(=S)[nH]c3cc(Cl)c(F)cc32)C1. The molecule has 0 aliphatic heterocycles. The molecule has 1 aromatic heterocycles. The predicted molar refractivity (Wildman–Crippen MR) is 78.6 cm³/mol. The van der Waals surface area contributed by atoms with Crippen molar-refractivity contribution >= 4 is 34.9 Å². The predicted octanol–water partition coefficient (Wildman–Crippen LogP) is 4.93. The van der Waals surface area contributed by atoms with Crippen LogP contribution in [0, 0.1) is 22.4 Å². The Kier molecular flexibility index (Phi) is 3.39. The van der Waals surface area contributed by atoms with Gasteiger partial charge in [0, 0.05) is 12.6 Å². The lowest BCUT2D eigenvalue weighted by Crippen LogP contribution is -2.08. The van der Waals surface area contributed by atoms with E-state index in [4.69, 9.17) is 23.8 Å². The summed E-state index contributed by atoms with van der Waals surface area (Å²) < 4.78 is 16.3. The van der Waals surface area contributed by atoms with Gasteiger partial charge in [-0.3, -0.25) is 0 Å². The van der Waals surface area contributed by atoms with Crippen molar-refractivity contribution in [3.05, 3.63) is 27.7 Å². The number of aromatic amines is 1. The molecule has 0 spiro atoms. The molecule has 1 heterocycles. The van der Waals surface area contributed by atoms with Gasteiger partial charge in [0.1, 0.15) is 5.82 Å². The van der Waals surface area contributed by atoms with Gasteiger partial charge in [-0.1, -0.05) is 24.9 Å². The molecule has 5 heteroatoms. The van der Waals surface area contributed by atoms with Crippen LogP contribution in [0.4, 0.5) is 4.39 Å². The van der Waals surface area contributed by atoms with E-state index in [2.05, 4.69) is 11.9 Å². The molecule has 2 atom stereocenters. The Hall–Kier alpha value is -0.870. The zero-order valence-corrected chi connectivity index (χ0v) is 12.3. The summed E-state index contributed by atoms with van der Waals surface area (Å²) in [6.07, 6.45) is 3.73. The van der Waals surface area contributed by atoms with Crippen molar-refractivity contribution in [3.8, 4) is 0 Å². The van der Waals surface area contributed by atoms with Crippen molar-refractivity contribution in [1.82, 2.24) is 9.55 Å². The summed E-state index contributed by atoms with van der Waals surface area (Å²) in [5, 5.41) is 0.130. The van der Waals surface area contributed by atoms with Gasteiger partial charge in [-0.25, -0.2) is 4.39 Å². The number of nitrogens with zero attached hydrogens (tertiary/aromatic N) is 1. The number of rotatable bonds is 2. The van der Waals surface area contributed by atoms with E-state index in [0.29, 0.717) is 10.7 Å². The number of hydrogen-bond donors (Lipinski definition) is 1. The van der Waals surface area contributed by atoms with Crippen LogP contribution in [0.3, 0.4) is 0 Å². The number of fused-ring (bicyclic) bond motifs is 1. The molecule has 2 unspecified atom stereocenters. The smallest absolute Gasteiger partial charge is 0.178 e. The van der Waals surface area contributed by atoms with Crippen LogP contribution < -0.4 is 0 Å². The summed E-state index contributed by atoms with van der Waals surface area (Å²) in [4.78, 5) is 3.11. The van der Waals surface area contributed by atoms with E-state index >= 15 is 0 Å². The van der Waals surface area contributed by atoms with Crippen molar-refractivity contribution in [1.29, 1.82) is 0 Å². The second-order valence-corrected chi connectivity index (χ2v) is 6.40. The van der Waals surface area contributed by atoms with E-state index in [1.807, 2.05) is 4.57 Å². The van der Waals surface area contributed by atoms with E-state index in [9.17, 15) is 4.39 Å². The highest BCUT2D eigenvalue weighted by Gasteiger charge is 2.22. The highest BCUT2D eigenvalue weighted by molar-refractivity contribution is 7.71. The van der Waals surface area contributed by atoms with Crippen molar-refractivity contribution in [2.45, 2.75) is 32.7 Å². The van der Waals surface area contributed by atoms with Crippen molar-refractivity contribution in [2.24, 2.45) is 11.8 Å². The molecular weight excluding hydrogens is 283 g/mol. The number of H-pyrrole nitrogens is 1. The van der Waals surface area contributed by atoms with Crippen LogP contribution in [0.25, 0.3) is 11.0 Å². The average molecular weight is 299 g/mol. The van der Waals surface area contributed by atoms with Crippen molar-refractivity contribution in [2.75, 3.05) is 0 Å². The first kappa shape index (κ1) is 13.1. The van der Waals surface area contributed by atoms with Gasteiger partial charge in [-0.2, -0.15) is 0 Å². The first-order chi connectivity index (χ1) is 9.04. The first-order valence-electron chi connectivity index (χ1n) is 6.62. The fraction of sp³-hybridized carbons (Fsp3) is 0.500. The maximum Gasteiger partial charge on any atom is 0.178 e. The largest absolute Gasteiger partial charge is 0.331 e. The second-order valence-electron chi connectivity index (χ2n) is 5.61. The lowest BCUT2D eigenvalue weighted by atomic mass is 10.1. The average Bonchev–Trinajstić information content (AvgIpc) is 2.87. The summed E-state index contributed by atoms with van der Waals surface area (Å²) in [5.74, 6) is 1.03. The van der Waals surface area contributed by atoms with E-state index in [0.717, 1.165) is 23.5 Å². The van der Waals surface area contributed by atoms with Crippen LogP contribution in [0.1, 0.15) is 26.2 Å². The Labute approximate surface area is 121 Å². The highest BCUT2D eigenvalue weighted by atomic mass is 35.5. The quantitative estimate of drug-likeness (QED) is 0.780. The summed E-state index contributed by atoms with van der Waals surface area (Å²) in [6, 6.07) is 3.08. The van der Waals surface area contributed by atoms with E-state index in [1.54, 1.807) is 6.07 Å². The molecule has 1 aliphatic carbocycles. The monoisotopic (exact) mass is 298 g/mol. The molecule has 1 aromatic carbocycles. The van der Waals surface area contributed by atoms with Gasteiger partial charge in [0.15, 0.2) is 4.77 Å². The summed E-state index contributed by atoms with van der Waals surface area (Å²) in [5.41, 5.74) is 1.62. The zero-order chi connectivity index (χ0) is 13.6. The Morgan fingerprint density at radius 2 is 2.26 bits per heavy atom. The fourth-order valence-corrected chi connectivity index (χ4v) is 3.53. The maximum absolute atomic E-state index is 13.6. The number of aromatic nitrogens is 2. The minimum atomic E-state index is -0.392. The minimum absolute atomic E-state index is 0.130. The van der Waals surface area contributed by atoms with Crippen LogP contribution in [-0.2, 0) is 6.54 Å². The third-order valence-electron chi connectivity index (χ3n) is 4.06. The molecular formula is C14H16ClFN2S. The van der Waals surface area contributed by atoms with Gasteiger partial charge in [0.05, 0.1) is 16.1 Å². The molecule has 1 N–H and O–H groups in total. The molecule has 1 saturated carbocycles. The Morgan fingerprint density at radius 1 is 1.47 bits per heavy atom. The third kappa shape index (κ3) is 2.43. The lowest BCUT2D eigenvalue weighted by Gasteiger charge is -2.11. The highest BCUT2D eigenvalue weighted by Crippen LogP contribution is 2.32. The van der Waals surface area contributed by atoms with Gasteiger partial charge in [-0.05, 0) is 43.0 Å². The number of benzene rings is 1. The Morgan fingerprint density at radius 3 is 2.95 bits per heavy atom.